The predicted molar refractivity (Wildman–Crippen MR) is 119 cm³/mol. The highest BCUT2D eigenvalue weighted by Gasteiger charge is 2.39. The van der Waals surface area contributed by atoms with Crippen LogP contribution in [0.15, 0.2) is 92.1 Å². The molecule has 0 aliphatic carbocycles. The lowest BCUT2D eigenvalue weighted by molar-refractivity contribution is 0.270. The van der Waals surface area contributed by atoms with Gasteiger partial charge in [0.05, 0.1) is 40.8 Å². The van der Waals surface area contributed by atoms with E-state index >= 15 is 0 Å². The van der Waals surface area contributed by atoms with Crippen LogP contribution < -0.4 is 10.2 Å². The molecule has 3 aromatic carbocycles. The Morgan fingerprint density at radius 3 is 2.81 bits per heavy atom. The summed E-state index contributed by atoms with van der Waals surface area (Å²) in [7, 11) is 0. The first-order chi connectivity index (χ1) is 15.2. The molecule has 0 N–H and O–H groups in total. The Kier molecular flexibility index (Phi) is 4.21. The quantitative estimate of drug-likeness (QED) is 0.378. The monoisotopic (exact) mass is 429 g/mol. The number of hydrogen-bond donors (Lipinski definition) is 0. The molecule has 4 aromatic rings. The van der Waals surface area contributed by atoms with Gasteiger partial charge < -0.3 is 9.15 Å². The van der Waals surface area contributed by atoms with Crippen LogP contribution in [0.1, 0.15) is 16.4 Å². The molecule has 2 aliphatic heterocycles. The van der Waals surface area contributed by atoms with Crippen molar-refractivity contribution in [1.82, 2.24) is 0 Å². The van der Waals surface area contributed by atoms with Crippen molar-refractivity contribution < 1.29 is 13.5 Å². The number of thioether (sulfide) groups is 1. The molecule has 1 aromatic heterocycles. The highest BCUT2D eigenvalue weighted by atomic mass is 32.2. The molecule has 0 spiro atoms. The summed E-state index contributed by atoms with van der Waals surface area (Å²) in [4.78, 5) is 19.3. The predicted octanol–water partition coefficient (Wildman–Crippen LogP) is 5.91. The Balaban J connectivity index is 1.59. The summed E-state index contributed by atoms with van der Waals surface area (Å²) in [6.45, 7) is 0.343. The Hall–Kier alpha value is -3.38. The summed E-state index contributed by atoms with van der Waals surface area (Å²) >= 11 is 1.57. The Bertz CT molecular complexity index is 1430. The normalized spacial score (nSPS) is 19.5. The van der Waals surface area contributed by atoms with Crippen LogP contribution in [0, 0.1) is 11.7 Å². The third kappa shape index (κ3) is 2.98. The molecule has 0 saturated carbocycles. The van der Waals surface area contributed by atoms with E-state index in [0.29, 0.717) is 34.5 Å². The van der Waals surface area contributed by atoms with Gasteiger partial charge in [-0.3, -0.25) is 9.79 Å². The van der Waals surface area contributed by atoms with E-state index in [9.17, 15) is 9.18 Å². The summed E-state index contributed by atoms with van der Waals surface area (Å²) in [5.41, 5.74) is 3.21. The minimum atomic E-state index is -0.349. The third-order valence-corrected chi connectivity index (χ3v) is 7.16. The summed E-state index contributed by atoms with van der Waals surface area (Å²) in [6, 6.07) is 19.5. The van der Waals surface area contributed by atoms with Crippen molar-refractivity contribution in [3.63, 3.8) is 0 Å². The summed E-state index contributed by atoms with van der Waals surface area (Å²) in [5.74, 6) is 0.0125. The molecular weight excluding hydrogens is 413 g/mol. The van der Waals surface area contributed by atoms with Crippen molar-refractivity contribution in [2.24, 2.45) is 10.9 Å². The number of nitrogens with zero attached hydrogens (tertiary/aromatic N) is 1. The van der Waals surface area contributed by atoms with Crippen molar-refractivity contribution in [3.05, 3.63) is 100 Å². The lowest BCUT2D eigenvalue weighted by atomic mass is 9.88. The molecule has 0 amide bonds. The zero-order chi connectivity index (χ0) is 20.9. The van der Waals surface area contributed by atoms with Gasteiger partial charge in [-0.15, -0.1) is 11.8 Å². The van der Waals surface area contributed by atoms with Crippen LogP contribution in [-0.2, 0) is 0 Å². The smallest absolute Gasteiger partial charge is 0.197 e. The maximum Gasteiger partial charge on any atom is 0.197 e. The van der Waals surface area contributed by atoms with Gasteiger partial charge in [0.15, 0.2) is 5.43 Å². The maximum atomic E-state index is 14.1. The first-order valence-corrected chi connectivity index (χ1v) is 10.8. The van der Waals surface area contributed by atoms with Gasteiger partial charge in [0, 0.05) is 16.0 Å². The molecule has 31 heavy (non-hydrogen) atoms. The highest BCUT2D eigenvalue weighted by molar-refractivity contribution is 7.99. The number of ether oxygens (including phenoxy) is 1. The van der Waals surface area contributed by atoms with Gasteiger partial charge in [0.1, 0.15) is 17.1 Å². The maximum absolute atomic E-state index is 14.1. The average molecular weight is 429 g/mol. The summed E-state index contributed by atoms with van der Waals surface area (Å²) in [6.07, 6.45) is 1.55. The molecule has 6 heteroatoms. The molecule has 2 aliphatic rings. The lowest BCUT2D eigenvalue weighted by Gasteiger charge is -2.31. The fourth-order valence-electron chi connectivity index (χ4n) is 4.23. The van der Waals surface area contributed by atoms with Gasteiger partial charge in [-0.25, -0.2) is 4.39 Å². The standard InChI is InChI=1S/C25H16FNO3S/c26-14-9-10-21-16(11-14)23-17(12-29-21)25(31-22-8-4-2-6-19(22)27-23)18-13-30-20-7-3-1-5-15(20)24(18)28/h1-11,13,17,25H,12H2/t17-,25+/m1/s1. The zero-order valence-electron chi connectivity index (χ0n) is 16.2. The molecule has 0 unspecified atom stereocenters. The molecule has 0 fully saturated rings. The van der Waals surface area contributed by atoms with Gasteiger partial charge >= 0.3 is 0 Å². The van der Waals surface area contributed by atoms with Gasteiger partial charge in [0.25, 0.3) is 0 Å². The van der Waals surface area contributed by atoms with Crippen LogP contribution in [0.25, 0.3) is 11.0 Å². The zero-order valence-corrected chi connectivity index (χ0v) is 17.1. The highest BCUT2D eigenvalue weighted by Crippen LogP contribution is 2.49. The van der Waals surface area contributed by atoms with Crippen LogP contribution >= 0.6 is 11.8 Å². The number of halogens is 1. The van der Waals surface area contributed by atoms with Crippen LogP contribution in [0.5, 0.6) is 5.75 Å². The second-order valence-electron chi connectivity index (χ2n) is 7.58. The molecule has 4 nitrogen and oxygen atoms in total. The van der Waals surface area contributed by atoms with Gasteiger partial charge in [0.2, 0.25) is 0 Å². The van der Waals surface area contributed by atoms with E-state index < -0.39 is 0 Å². The van der Waals surface area contributed by atoms with E-state index in [4.69, 9.17) is 14.1 Å². The van der Waals surface area contributed by atoms with Crippen LogP contribution in [0.3, 0.4) is 0 Å². The molecule has 3 heterocycles. The van der Waals surface area contributed by atoms with Crippen LogP contribution in [0.2, 0.25) is 0 Å². The number of hydrogen-bond acceptors (Lipinski definition) is 5. The summed E-state index contributed by atoms with van der Waals surface area (Å²) in [5, 5.41) is 0.250. The first kappa shape index (κ1) is 18.4. The van der Waals surface area contributed by atoms with Crippen molar-refractivity contribution >= 4 is 34.1 Å². The van der Waals surface area contributed by atoms with E-state index in [2.05, 4.69) is 0 Å². The van der Waals surface area contributed by atoms with E-state index in [0.717, 1.165) is 16.3 Å². The molecule has 2 atom stereocenters. The number of fused-ring (bicyclic) bond motifs is 5. The average Bonchev–Trinajstić information content (AvgIpc) is 2.96. The molecule has 0 bridgehead atoms. The van der Waals surface area contributed by atoms with Crippen LogP contribution in [-0.4, -0.2) is 12.3 Å². The van der Waals surface area contributed by atoms with Crippen molar-refractivity contribution in [1.29, 1.82) is 0 Å². The number of benzene rings is 3. The molecule has 6 rings (SSSR count). The minimum Gasteiger partial charge on any atom is -0.492 e. The largest absolute Gasteiger partial charge is 0.492 e. The topological polar surface area (TPSA) is 51.8 Å². The molecular formula is C25H16FNO3S. The Morgan fingerprint density at radius 2 is 1.87 bits per heavy atom. The second-order valence-corrected chi connectivity index (χ2v) is 8.76. The van der Waals surface area contributed by atoms with Crippen molar-refractivity contribution in [2.75, 3.05) is 6.61 Å². The van der Waals surface area contributed by atoms with Crippen molar-refractivity contribution in [2.45, 2.75) is 10.1 Å². The number of para-hydroxylation sites is 2. The minimum absolute atomic E-state index is 0.0666. The van der Waals surface area contributed by atoms with Crippen LogP contribution in [0.4, 0.5) is 10.1 Å². The Morgan fingerprint density at radius 1 is 1.03 bits per heavy atom. The van der Waals surface area contributed by atoms with E-state index in [-0.39, 0.29) is 22.4 Å². The van der Waals surface area contributed by atoms with Gasteiger partial charge in [-0.1, -0.05) is 24.3 Å². The lowest BCUT2D eigenvalue weighted by Crippen LogP contribution is -2.33. The van der Waals surface area contributed by atoms with Gasteiger partial charge in [-0.05, 0) is 42.5 Å². The fourth-order valence-corrected chi connectivity index (χ4v) is 5.55. The van der Waals surface area contributed by atoms with Gasteiger partial charge in [-0.2, -0.15) is 0 Å². The summed E-state index contributed by atoms with van der Waals surface area (Å²) < 4.78 is 25.9. The first-order valence-electron chi connectivity index (χ1n) is 9.96. The number of rotatable bonds is 1. The van der Waals surface area contributed by atoms with E-state index in [1.807, 2.05) is 36.4 Å². The molecule has 0 radical (unpaired) electrons. The van der Waals surface area contributed by atoms with E-state index in [1.54, 1.807) is 36.2 Å². The number of aliphatic imine (C=N–C) groups is 1. The SMILES string of the molecule is O=c1c([C@H]2Sc3ccccc3N=C3c4cc(F)ccc4OC[C@H]32)coc2ccccc12. The second kappa shape index (κ2) is 7.10. The van der Waals surface area contributed by atoms with Crippen molar-refractivity contribution in [3.8, 4) is 5.75 Å². The third-order valence-electron chi connectivity index (χ3n) is 5.73. The molecule has 152 valence electrons. The van der Waals surface area contributed by atoms with E-state index in [1.165, 1.54) is 12.1 Å². The fraction of sp³-hybridized carbons (Fsp3) is 0.120. The Labute approximate surface area is 181 Å². The molecule has 0 saturated heterocycles.